The van der Waals surface area contributed by atoms with Gasteiger partial charge in [-0.15, -0.1) is 0 Å². The Hall–Kier alpha value is -0.760. The Balaban J connectivity index is 2.14. The molecular formula is C17H23BrO. The first-order valence-electron chi connectivity index (χ1n) is 7.32. The van der Waals surface area contributed by atoms with E-state index in [1.165, 1.54) is 43.2 Å². The van der Waals surface area contributed by atoms with Crippen LogP contribution in [0.4, 0.5) is 0 Å². The maximum absolute atomic E-state index is 5.57. The van der Waals surface area contributed by atoms with Gasteiger partial charge in [-0.2, -0.15) is 0 Å². The van der Waals surface area contributed by atoms with Crippen LogP contribution in [0.2, 0.25) is 0 Å². The van der Waals surface area contributed by atoms with Crippen LogP contribution in [0.15, 0.2) is 29.8 Å². The monoisotopic (exact) mass is 322 g/mol. The fraction of sp³-hybridized carbons (Fsp3) is 0.529. The van der Waals surface area contributed by atoms with Crippen molar-refractivity contribution in [1.29, 1.82) is 0 Å². The maximum Gasteiger partial charge on any atom is 0.119 e. The number of alkyl halides is 1. The molecule has 0 amide bonds. The zero-order valence-corrected chi connectivity index (χ0v) is 13.3. The summed E-state index contributed by atoms with van der Waals surface area (Å²) in [5.41, 5.74) is 2.79. The molecule has 1 aliphatic rings. The third-order valence-corrected chi connectivity index (χ3v) is 4.45. The zero-order chi connectivity index (χ0) is 13.5. The average molecular weight is 323 g/mol. The van der Waals surface area contributed by atoms with E-state index in [2.05, 4.69) is 40.2 Å². The summed E-state index contributed by atoms with van der Waals surface area (Å²) in [4.78, 5) is 0. The molecule has 104 valence electrons. The van der Waals surface area contributed by atoms with Crippen molar-refractivity contribution in [1.82, 2.24) is 0 Å². The van der Waals surface area contributed by atoms with Crippen LogP contribution in [-0.4, -0.2) is 11.9 Å². The number of rotatable bonds is 5. The number of hydrogen-bond acceptors (Lipinski definition) is 1. The van der Waals surface area contributed by atoms with Crippen molar-refractivity contribution in [3.05, 3.63) is 35.4 Å². The van der Waals surface area contributed by atoms with Crippen LogP contribution in [0.3, 0.4) is 0 Å². The highest BCUT2D eigenvalue weighted by molar-refractivity contribution is 9.09. The van der Waals surface area contributed by atoms with Crippen molar-refractivity contribution < 1.29 is 4.74 Å². The molecule has 0 aliphatic heterocycles. The molecule has 1 fully saturated rings. The molecule has 0 atom stereocenters. The lowest BCUT2D eigenvalue weighted by atomic mass is 9.84. The minimum Gasteiger partial charge on any atom is -0.494 e. The molecule has 0 aromatic heterocycles. The highest BCUT2D eigenvalue weighted by Gasteiger charge is 2.16. The van der Waals surface area contributed by atoms with Crippen LogP contribution in [-0.2, 0) is 0 Å². The van der Waals surface area contributed by atoms with Gasteiger partial charge in [0.2, 0.25) is 0 Å². The fourth-order valence-corrected chi connectivity index (χ4v) is 3.43. The number of benzene rings is 1. The van der Waals surface area contributed by atoms with E-state index in [0.717, 1.165) is 23.6 Å². The molecule has 0 radical (unpaired) electrons. The Morgan fingerprint density at radius 2 is 2.11 bits per heavy atom. The first-order chi connectivity index (χ1) is 9.33. The zero-order valence-electron chi connectivity index (χ0n) is 11.7. The molecule has 2 heteroatoms. The quantitative estimate of drug-likeness (QED) is 0.655. The molecule has 1 aromatic rings. The maximum atomic E-state index is 5.57. The van der Waals surface area contributed by atoms with E-state index in [4.69, 9.17) is 4.74 Å². The second-order valence-electron chi connectivity index (χ2n) is 5.19. The summed E-state index contributed by atoms with van der Waals surface area (Å²) in [7, 11) is 0. The molecule has 19 heavy (non-hydrogen) atoms. The summed E-state index contributed by atoms with van der Waals surface area (Å²) >= 11 is 3.66. The van der Waals surface area contributed by atoms with Crippen molar-refractivity contribution in [2.24, 2.45) is 5.92 Å². The van der Waals surface area contributed by atoms with Gasteiger partial charge in [-0.1, -0.05) is 59.0 Å². The largest absolute Gasteiger partial charge is 0.494 e. The first-order valence-corrected chi connectivity index (χ1v) is 8.45. The van der Waals surface area contributed by atoms with E-state index >= 15 is 0 Å². The molecule has 2 rings (SSSR count). The predicted molar refractivity (Wildman–Crippen MR) is 86.0 cm³/mol. The van der Waals surface area contributed by atoms with Crippen LogP contribution in [0.1, 0.15) is 44.6 Å². The van der Waals surface area contributed by atoms with E-state index < -0.39 is 0 Å². The first kappa shape index (κ1) is 14.6. The Bertz CT molecular complexity index is 419. The van der Waals surface area contributed by atoms with Crippen molar-refractivity contribution in [3.8, 4) is 5.75 Å². The Labute approximate surface area is 125 Å². The van der Waals surface area contributed by atoms with Gasteiger partial charge in [0.25, 0.3) is 0 Å². The van der Waals surface area contributed by atoms with Crippen LogP contribution in [0.5, 0.6) is 5.75 Å². The SMILES string of the molecule is CCOc1cccc(C=C(CBr)C2CCCCC2)c1. The number of hydrogen-bond donors (Lipinski definition) is 0. The van der Waals surface area contributed by atoms with Gasteiger partial charge in [-0.05, 0) is 43.4 Å². The van der Waals surface area contributed by atoms with E-state index in [9.17, 15) is 0 Å². The lowest BCUT2D eigenvalue weighted by molar-refractivity contribution is 0.340. The molecule has 1 nitrogen and oxygen atoms in total. The minimum absolute atomic E-state index is 0.723. The summed E-state index contributed by atoms with van der Waals surface area (Å²) in [6, 6.07) is 8.39. The summed E-state index contributed by atoms with van der Waals surface area (Å²) in [6.07, 6.45) is 9.21. The summed E-state index contributed by atoms with van der Waals surface area (Å²) in [5.74, 6) is 1.73. The van der Waals surface area contributed by atoms with Crippen molar-refractivity contribution in [2.75, 3.05) is 11.9 Å². The van der Waals surface area contributed by atoms with E-state index in [1.54, 1.807) is 0 Å². The molecule has 1 aliphatic carbocycles. The van der Waals surface area contributed by atoms with Gasteiger partial charge in [-0.3, -0.25) is 0 Å². The van der Waals surface area contributed by atoms with Gasteiger partial charge in [0.15, 0.2) is 0 Å². The minimum atomic E-state index is 0.723. The molecule has 0 heterocycles. The van der Waals surface area contributed by atoms with E-state index in [0.29, 0.717) is 0 Å². The van der Waals surface area contributed by atoms with E-state index in [-0.39, 0.29) is 0 Å². The average Bonchev–Trinajstić information content (AvgIpc) is 2.46. The standard InChI is InChI=1S/C17H23BrO/c1-2-19-17-10-6-7-14(12-17)11-16(13-18)15-8-4-3-5-9-15/h6-7,10-12,15H,2-5,8-9,13H2,1H3. The lowest BCUT2D eigenvalue weighted by Crippen LogP contribution is -2.10. The van der Waals surface area contributed by atoms with Gasteiger partial charge in [0, 0.05) is 5.33 Å². The molecule has 0 N–H and O–H groups in total. The Morgan fingerprint density at radius 3 is 2.79 bits per heavy atom. The van der Waals surface area contributed by atoms with Crippen LogP contribution in [0, 0.1) is 5.92 Å². The highest BCUT2D eigenvalue weighted by atomic mass is 79.9. The molecular weight excluding hydrogens is 300 g/mol. The van der Waals surface area contributed by atoms with Gasteiger partial charge in [0.05, 0.1) is 6.61 Å². The second-order valence-corrected chi connectivity index (χ2v) is 5.75. The Kier molecular flexibility index (Phi) is 5.96. The second kappa shape index (κ2) is 7.74. The van der Waals surface area contributed by atoms with Gasteiger partial charge in [-0.25, -0.2) is 0 Å². The summed E-state index contributed by atoms with van der Waals surface area (Å²) in [6.45, 7) is 2.75. The van der Waals surface area contributed by atoms with Gasteiger partial charge < -0.3 is 4.74 Å². The number of ether oxygens (including phenoxy) is 1. The third kappa shape index (κ3) is 4.38. The van der Waals surface area contributed by atoms with Crippen LogP contribution < -0.4 is 4.74 Å². The molecule has 0 bridgehead atoms. The predicted octanol–water partition coefficient (Wildman–Crippen LogP) is 5.44. The third-order valence-electron chi connectivity index (χ3n) is 3.81. The lowest BCUT2D eigenvalue weighted by Gasteiger charge is -2.23. The van der Waals surface area contributed by atoms with Crippen LogP contribution in [0.25, 0.3) is 6.08 Å². The molecule has 0 spiro atoms. The topological polar surface area (TPSA) is 9.23 Å². The van der Waals surface area contributed by atoms with E-state index in [1.807, 2.05) is 13.0 Å². The van der Waals surface area contributed by atoms with Crippen molar-refractivity contribution >= 4 is 22.0 Å². The summed E-state index contributed by atoms with van der Waals surface area (Å²) in [5, 5.41) is 0.983. The molecule has 1 saturated carbocycles. The molecule has 0 saturated heterocycles. The Morgan fingerprint density at radius 1 is 1.32 bits per heavy atom. The van der Waals surface area contributed by atoms with Crippen LogP contribution >= 0.6 is 15.9 Å². The smallest absolute Gasteiger partial charge is 0.119 e. The number of allylic oxidation sites excluding steroid dienone is 1. The summed E-state index contributed by atoms with van der Waals surface area (Å²) < 4.78 is 5.57. The molecule has 0 unspecified atom stereocenters. The normalized spacial score (nSPS) is 17.5. The molecule has 1 aromatic carbocycles. The van der Waals surface area contributed by atoms with Gasteiger partial charge >= 0.3 is 0 Å². The number of halogens is 1. The van der Waals surface area contributed by atoms with Crippen molar-refractivity contribution in [3.63, 3.8) is 0 Å². The van der Waals surface area contributed by atoms with Crippen molar-refractivity contribution in [2.45, 2.75) is 39.0 Å². The van der Waals surface area contributed by atoms with Gasteiger partial charge in [0.1, 0.15) is 5.75 Å². The fourth-order valence-electron chi connectivity index (χ4n) is 2.81. The highest BCUT2D eigenvalue weighted by Crippen LogP contribution is 2.32.